The third-order valence-corrected chi connectivity index (χ3v) is 8.06. The normalized spacial score (nSPS) is 19.2. The third-order valence-electron chi connectivity index (χ3n) is 5.82. The lowest BCUT2D eigenvalue weighted by atomic mass is 10.1. The number of rotatable bonds is 7. The molecule has 5 rings (SSSR count). The summed E-state index contributed by atoms with van der Waals surface area (Å²) in [6.07, 6.45) is -1.26. The summed E-state index contributed by atoms with van der Waals surface area (Å²) < 4.78 is 16.8. The molecule has 0 saturated carbocycles. The molecule has 36 heavy (non-hydrogen) atoms. The second kappa shape index (κ2) is 10.4. The molecule has 1 fully saturated rings. The van der Waals surface area contributed by atoms with Crippen molar-refractivity contribution in [1.29, 1.82) is 0 Å². The van der Waals surface area contributed by atoms with E-state index in [1.165, 1.54) is 9.79 Å². The van der Waals surface area contributed by atoms with E-state index in [0.717, 1.165) is 4.90 Å². The van der Waals surface area contributed by atoms with Gasteiger partial charge >= 0.3 is 11.9 Å². The number of cyclic esters (lactones) is 1. The van der Waals surface area contributed by atoms with Crippen molar-refractivity contribution in [1.82, 2.24) is 0 Å². The summed E-state index contributed by atoms with van der Waals surface area (Å²) >= 11 is 0. The number of ether oxygens (including phenoxy) is 3. The van der Waals surface area contributed by atoms with Gasteiger partial charge in [-0.05, 0) is 48.5 Å². The minimum absolute atomic E-state index is 0.235. The Labute approximate surface area is 213 Å². The summed E-state index contributed by atoms with van der Waals surface area (Å²) in [7, 11) is -0.293. The van der Waals surface area contributed by atoms with Gasteiger partial charge in [0, 0.05) is 12.5 Å². The zero-order chi connectivity index (χ0) is 25.0. The van der Waals surface area contributed by atoms with Crippen molar-refractivity contribution in [2.75, 3.05) is 0 Å². The zero-order valence-corrected chi connectivity index (χ0v) is 20.5. The molecule has 4 aromatic rings. The van der Waals surface area contributed by atoms with Crippen molar-refractivity contribution in [2.24, 2.45) is 0 Å². The van der Waals surface area contributed by atoms with Gasteiger partial charge in [0.15, 0.2) is 20.8 Å². The molecule has 180 valence electrons. The van der Waals surface area contributed by atoms with Crippen molar-refractivity contribution < 1.29 is 23.8 Å². The third kappa shape index (κ3) is 5.20. The van der Waals surface area contributed by atoms with Gasteiger partial charge in [0.2, 0.25) is 5.79 Å². The van der Waals surface area contributed by atoms with E-state index < -0.39 is 23.8 Å². The minimum Gasteiger partial charge on any atom is -0.427 e. The van der Waals surface area contributed by atoms with Crippen LogP contribution in [-0.4, -0.2) is 18.0 Å². The standard InChI is InChI=1S/C30H25O5S/c1-30(22-11-5-2-6-12-22)34-27(29(32)35-30)21-28(31)33-23-17-19-26(20-18-23)36(24-13-7-3-8-14-24)25-15-9-4-10-16-25/h2-20,27H,21H2,1H3/q+1. The molecule has 1 aliphatic heterocycles. The lowest BCUT2D eigenvalue weighted by Crippen LogP contribution is -2.26. The van der Waals surface area contributed by atoms with Gasteiger partial charge in [-0.1, -0.05) is 66.7 Å². The SMILES string of the molecule is CC1(c2ccccc2)OC(=O)C(CC(=O)Oc2ccc([S+](c3ccccc3)c3ccccc3)cc2)O1. The van der Waals surface area contributed by atoms with Crippen LogP contribution in [0.25, 0.3) is 0 Å². The second-order valence-electron chi connectivity index (χ2n) is 8.42. The molecule has 0 aliphatic carbocycles. The number of hydrogen-bond acceptors (Lipinski definition) is 5. The fourth-order valence-corrected chi connectivity index (χ4v) is 6.17. The van der Waals surface area contributed by atoms with Crippen molar-refractivity contribution in [3.63, 3.8) is 0 Å². The topological polar surface area (TPSA) is 61.8 Å². The van der Waals surface area contributed by atoms with E-state index in [-0.39, 0.29) is 17.3 Å². The van der Waals surface area contributed by atoms with Crippen molar-refractivity contribution in [3.05, 3.63) is 121 Å². The Bertz CT molecular complexity index is 1290. The Morgan fingerprint density at radius 2 is 1.28 bits per heavy atom. The van der Waals surface area contributed by atoms with Crippen LogP contribution < -0.4 is 4.74 Å². The van der Waals surface area contributed by atoms with Gasteiger partial charge in [0.05, 0.1) is 17.3 Å². The molecule has 0 aromatic heterocycles. The summed E-state index contributed by atoms with van der Waals surface area (Å²) in [5.74, 6) is -1.96. The summed E-state index contributed by atoms with van der Waals surface area (Å²) in [4.78, 5) is 28.5. The lowest BCUT2D eigenvalue weighted by molar-refractivity contribution is -0.174. The molecule has 2 atom stereocenters. The molecule has 0 radical (unpaired) electrons. The number of carbonyl (C=O) groups excluding carboxylic acids is 2. The molecular formula is C30H25O5S+. The Morgan fingerprint density at radius 1 is 0.778 bits per heavy atom. The molecule has 1 aliphatic rings. The first-order valence-corrected chi connectivity index (χ1v) is 12.9. The largest absolute Gasteiger partial charge is 0.427 e. The van der Waals surface area contributed by atoms with Crippen molar-refractivity contribution in [3.8, 4) is 5.75 Å². The van der Waals surface area contributed by atoms with Gasteiger partial charge in [0.1, 0.15) is 5.75 Å². The van der Waals surface area contributed by atoms with Crippen LogP contribution in [-0.2, 0) is 35.7 Å². The van der Waals surface area contributed by atoms with E-state index >= 15 is 0 Å². The van der Waals surface area contributed by atoms with E-state index in [4.69, 9.17) is 14.2 Å². The highest BCUT2D eigenvalue weighted by molar-refractivity contribution is 7.97. The maximum Gasteiger partial charge on any atom is 0.338 e. The average Bonchev–Trinajstić information content (AvgIpc) is 3.20. The highest BCUT2D eigenvalue weighted by atomic mass is 32.2. The van der Waals surface area contributed by atoms with Crippen LogP contribution in [0.3, 0.4) is 0 Å². The average molecular weight is 498 g/mol. The van der Waals surface area contributed by atoms with Crippen LogP contribution in [0.5, 0.6) is 5.75 Å². The molecule has 0 bridgehead atoms. The Kier molecular flexibility index (Phi) is 6.89. The van der Waals surface area contributed by atoms with Gasteiger partial charge in [-0.25, -0.2) is 4.79 Å². The number of carbonyl (C=O) groups is 2. The molecule has 1 heterocycles. The molecular weight excluding hydrogens is 472 g/mol. The van der Waals surface area contributed by atoms with Crippen LogP contribution in [0.15, 0.2) is 130 Å². The monoisotopic (exact) mass is 497 g/mol. The quantitative estimate of drug-likeness (QED) is 0.181. The molecule has 0 N–H and O–H groups in total. The summed E-state index contributed by atoms with van der Waals surface area (Å²) in [6, 6.07) is 37.3. The van der Waals surface area contributed by atoms with E-state index in [9.17, 15) is 9.59 Å². The van der Waals surface area contributed by atoms with Crippen LogP contribution >= 0.6 is 0 Å². The zero-order valence-electron chi connectivity index (χ0n) is 19.7. The molecule has 6 heteroatoms. The predicted octanol–water partition coefficient (Wildman–Crippen LogP) is 5.89. The van der Waals surface area contributed by atoms with Crippen LogP contribution in [0.4, 0.5) is 0 Å². The van der Waals surface area contributed by atoms with Gasteiger partial charge < -0.3 is 14.2 Å². The second-order valence-corrected chi connectivity index (χ2v) is 10.4. The summed E-state index contributed by atoms with van der Waals surface area (Å²) in [5.41, 5.74) is 0.706. The molecule has 2 unspecified atom stereocenters. The number of benzene rings is 4. The van der Waals surface area contributed by atoms with E-state index in [1.54, 1.807) is 19.1 Å². The van der Waals surface area contributed by atoms with E-state index in [1.807, 2.05) is 78.9 Å². The molecule has 5 nitrogen and oxygen atoms in total. The first-order chi connectivity index (χ1) is 17.5. The summed E-state index contributed by atoms with van der Waals surface area (Å²) in [5, 5.41) is 0. The van der Waals surface area contributed by atoms with Crippen LogP contribution in [0.2, 0.25) is 0 Å². The van der Waals surface area contributed by atoms with E-state index in [2.05, 4.69) is 24.3 Å². The maximum atomic E-state index is 12.6. The molecule has 0 amide bonds. The minimum atomic E-state index is -1.23. The van der Waals surface area contributed by atoms with Crippen LogP contribution in [0.1, 0.15) is 18.9 Å². The van der Waals surface area contributed by atoms with Gasteiger partial charge in [-0.3, -0.25) is 4.79 Å². The Morgan fingerprint density at radius 3 is 1.83 bits per heavy atom. The summed E-state index contributed by atoms with van der Waals surface area (Å²) in [6.45, 7) is 1.67. The highest BCUT2D eigenvalue weighted by Crippen LogP contribution is 2.36. The predicted molar refractivity (Wildman–Crippen MR) is 136 cm³/mol. The first kappa shape index (κ1) is 23.9. The Balaban J connectivity index is 1.27. The van der Waals surface area contributed by atoms with Gasteiger partial charge in [0.25, 0.3) is 0 Å². The number of hydrogen-bond donors (Lipinski definition) is 0. The first-order valence-electron chi connectivity index (χ1n) is 11.6. The fraction of sp³-hybridized carbons (Fsp3) is 0.133. The lowest BCUT2D eigenvalue weighted by Gasteiger charge is -2.22. The van der Waals surface area contributed by atoms with Gasteiger partial charge in [-0.2, -0.15) is 0 Å². The van der Waals surface area contributed by atoms with Gasteiger partial charge in [-0.15, -0.1) is 0 Å². The molecule has 1 saturated heterocycles. The molecule has 4 aromatic carbocycles. The Hall–Kier alpha value is -3.87. The highest BCUT2D eigenvalue weighted by Gasteiger charge is 2.46. The fourth-order valence-electron chi connectivity index (χ4n) is 4.08. The molecule has 0 spiro atoms. The van der Waals surface area contributed by atoms with Crippen LogP contribution in [0, 0.1) is 0 Å². The smallest absolute Gasteiger partial charge is 0.338 e. The van der Waals surface area contributed by atoms with Crippen molar-refractivity contribution in [2.45, 2.75) is 39.9 Å². The maximum absolute atomic E-state index is 12.6. The van der Waals surface area contributed by atoms with Crippen molar-refractivity contribution >= 4 is 22.8 Å². The number of esters is 2. The van der Waals surface area contributed by atoms with E-state index in [0.29, 0.717) is 11.3 Å².